The number of hydrogen-bond donors (Lipinski definition) is 1. The molecule has 2 saturated heterocycles. The molecule has 0 aliphatic carbocycles. The fourth-order valence-corrected chi connectivity index (χ4v) is 3.14. The molecule has 2 aliphatic heterocycles. The summed E-state index contributed by atoms with van der Waals surface area (Å²) >= 11 is 0. The van der Waals surface area contributed by atoms with Crippen LogP contribution < -0.4 is 10.1 Å². The standard InChI is InChI=1S/C17H22FNO4/c1-11(20)22-14-9-16(19-10-14)15-8-12(18)2-3-17(15)23-13-4-6-21-7-5-13/h2-3,8,13-14,16,19H,4-7,9-10H2,1H3/t14?,16-/m1/s1. The number of esters is 1. The highest BCUT2D eigenvalue weighted by molar-refractivity contribution is 5.66. The Morgan fingerprint density at radius 3 is 2.83 bits per heavy atom. The summed E-state index contributed by atoms with van der Waals surface area (Å²) in [6, 6.07) is 4.52. The molecular weight excluding hydrogens is 301 g/mol. The smallest absolute Gasteiger partial charge is 0.302 e. The minimum absolute atomic E-state index is 0.0788. The Labute approximate surface area is 135 Å². The number of benzene rings is 1. The van der Waals surface area contributed by atoms with Crippen molar-refractivity contribution in [1.82, 2.24) is 5.32 Å². The third kappa shape index (κ3) is 4.20. The van der Waals surface area contributed by atoms with E-state index in [1.807, 2.05) is 0 Å². The molecule has 6 heteroatoms. The summed E-state index contributed by atoms with van der Waals surface area (Å²) in [6.07, 6.45) is 2.21. The molecule has 0 bridgehead atoms. The molecule has 1 unspecified atom stereocenters. The maximum Gasteiger partial charge on any atom is 0.302 e. The molecule has 0 amide bonds. The first-order chi connectivity index (χ1) is 11.1. The average Bonchev–Trinajstić information content (AvgIpc) is 2.97. The van der Waals surface area contributed by atoms with Crippen molar-refractivity contribution in [3.63, 3.8) is 0 Å². The Morgan fingerprint density at radius 2 is 2.09 bits per heavy atom. The number of rotatable bonds is 4. The van der Waals surface area contributed by atoms with Crippen LogP contribution >= 0.6 is 0 Å². The molecule has 5 nitrogen and oxygen atoms in total. The molecule has 0 saturated carbocycles. The highest BCUT2D eigenvalue weighted by Crippen LogP contribution is 2.34. The zero-order valence-corrected chi connectivity index (χ0v) is 13.2. The topological polar surface area (TPSA) is 56.8 Å². The Hall–Kier alpha value is -1.66. The van der Waals surface area contributed by atoms with Crippen LogP contribution in [0.1, 0.15) is 37.8 Å². The molecule has 1 N–H and O–H groups in total. The van der Waals surface area contributed by atoms with Crippen LogP contribution in [0.4, 0.5) is 4.39 Å². The van der Waals surface area contributed by atoms with Gasteiger partial charge in [0.15, 0.2) is 0 Å². The van der Waals surface area contributed by atoms with Crippen LogP contribution in [0.2, 0.25) is 0 Å². The van der Waals surface area contributed by atoms with Crippen molar-refractivity contribution in [3.05, 3.63) is 29.6 Å². The fraction of sp³-hybridized carbons (Fsp3) is 0.588. The third-order valence-corrected chi connectivity index (χ3v) is 4.23. The second kappa shape index (κ2) is 7.27. The van der Waals surface area contributed by atoms with Crippen LogP contribution in [0.15, 0.2) is 18.2 Å². The average molecular weight is 323 g/mol. The molecule has 2 aliphatic rings. The molecule has 0 aromatic heterocycles. The summed E-state index contributed by atoms with van der Waals surface area (Å²) in [4.78, 5) is 11.1. The summed E-state index contributed by atoms with van der Waals surface area (Å²) in [5, 5.41) is 3.28. The van der Waals surface area contributed by atoms with E-state index >= 15 is 0 Å². The monoisotopic (exact) mass is 323 g/mol. The number of carbonyl (C=O) groups is 1. The van der Waals surface area contributed by atoms with Gasteiger partial charge in [-0.1, -0.05) is 0 Å². The zero-order valence-electron chi connectivity index (χ0n) is 13.2. The normalized spacial score (nSPS) is 25.3. The third-order valence-electron chi connectivity index (χ3n) is 4.23. The van der Waals surface area contributed by atoms with Crippen LogP contribution in [-0.2, 0) is 14.3 Å². The van der Waals surface area contributed by atoms with Gasteiger partial charge in [-0.05, 0) is 18.2 Å². The number of ether oxygens (including phenoxy) is 3. The summed E-state index contributed by atoms with van der Waals surface area (Å²) in [7, 11) is 0. The number of halogens is 1. The summed E-state index contributed by atoms with van der Waals surface area (Å²) in [5.74, 6) is 0.103. The van der Waals surface area contributed by atoms with Crippen molar-refractivity contribution in [2.45, 2.75) is 44.4 Å². The molecule has 0 spiro atoms. The van der Waals surface area contributed by atoms with E-state index in [-0.39, 0.29) is 30.0 Å². The van der Waals surface area contributed by atoms with Gasteiger partial charge in [-0.25, -0.2) is 4.39 Å². The molecule has 3 rings (SSSR count). The Balaban J connectivity index is 1.72. The van der Waals surface area contributed by atoms with Crippen molar-refractivity contribution >= 4 is 5.97 Å². The molecule has 2 fully saturated rings. The van der Waals surface area contributed by atoms with Crippen LogP contribution in [-0.4, -0.2) is 37.9 Å². The van der Waals surface area contributed by atoms with E-state index in [4.69, 9.17) is 14.2 Å². The van der Waals surface area contributed by atoms with Crippen molar-refractivity contribution < 1.29 is 23.4 Å². The first kappa shape index (κ1) is 16.2. The van der Waals surface area contributed by atoms with Gasteiger partial charge in [0.05, 0.1) is 13.2 Å². The molecule has 2 atom stereocenters. The Kier molecular flexibility index (Phi) is 5.13. The van der Waals surface area contributed by atoms with Crippen LogP contribution in [0.3, 0.4) is 0 Å². The SMILES string of the molecule is CC(=O)OC1CN[C@@H](c2cc(F)ccc2OC2CCOCC2)C1. The fourth-order valence-electron chi connectivity index (χ4n) is 3.14. The van der Waals surface area contributed by atoms with Crippen LogP contribution in [0.5, 0.6) is 5.75 Å². The van der Waals surface area contributed by atoms with E-state index in [1.165, 1.54) is 19.1 Å². The van der Waals surface area contributed by atoms with Gasteiger partial charge < -0.3 is 19.5 Å². The van der Waals surface area contributed by atoms with E-state index in [1.54, 1.807) is 6.07 Å². The molecule has 2 heterocycles. The van der Waals surface area contributed by atoms with Gasteiger partial charge in [0, 0.05) is 44.3 Å². The summed E-state index contributed by atoms with van der Waals surface area (Å²) in [5.41, 5.74) is 0.783. The number of hydrogen-bond acceptors (Lipinski definition) is 5. The van der Waals surface area contributed by atoms with E-state index in [0.717, 1.165) is 18.4 Å². The van der Waals surface area contributed by atoms with Gasteiger partial charge in [0.1, 0.15) is 23.8 Å². The van der Waals surface area contributed by atoms with Crippen molar-refractivity contribution in [2.24, 2.45) is 0 Å². The lowest BCUT2D eigenvalue weighted by molar-refractivity contribution is -0.145. The quantitative estimate of drug-likeness (QED) is 0.862. The van der Waals surface area contributed by atoms with E-state index in [9.17, 15) is 9.18 Å². The Bertz CT molecular complexity index is 560. The van der Waals surface area contributed by atoms with Gasteiger partial charge in [-0.15, -0.1) is 0 Å². The lowest BCUT2D eigenvalue weighted by Gasteiger charge is -2.25. The second-order valence-corrected chi connectivity index (χ2v) is 6.04. The molecule has 1 aromatic carbocycles. The van der Waals surface area contributed by atoms with Crippen molar-refractivity contribution in [1.29, 1.82) is 0 Å². The van der Waals surface area contributed by atoms with Gasteiger partial charge in [0.2, 0.25) is 0 Å². The Morgan fingerprint density at radius 1 is 1.30 bits per heavy atom. The zero-order chi connectivity index (χ0) is 16.2. The lowest BCUT2D eigenvalue weighted by Crippen LogP contribution is -2.27. The van der Waals surface area contributed by atoms with Crippen molar-refractivity contribution in [2.75, 3.05) is 19.8 Å². The largest absolute Gasteiger partial charge is 0.490 e. The highest BCUT2D eigenvalue weighted by atomic mass is 19.1. The molecule has 1 aromatic rings. The maximum atomic E-state index is 13.7. The van der Waals surface area contributed by atoms with E-state index < -0.39 is 0 Å². The van der Waals surface area contributed by atoms with Gasteiger partial charge >= 0.3 is 5.97 Å². The van der Waals surface area contributed by atoms with Crippen molar-refractivity contribution in [3.8, 4) is 5.75 Å². The molecule has 0 radical (unpaired) electrons. The highest BCUT2D eigenvalue weighted by Gasteiger charge is 2.30. The predicted octanol–water partition coefficient (Wildman–Crippen LogP) is 2.35. The minimum Gasteiger partial charge on any atom is -0.490 e. The number of nitrogens with one attached hydrogen (secondary N) is 1. The van der Waals surface area contributed by atoms with E-state index in [0.29, 0.717) is 31.9 Å². The molecular formula is C17H22FNO4. The first-order valence-corrected chi connectivity index (χ1v) is 8.06. The first-order valence-electron chi connectivity index (χ1n) is 8.06. The van der Waals surface area contributed by atoms with Gasteiger partial charge in [0.25, 0.3) is 0 Å². The summed E-state index contributed by atoms with van der Waals surface area (Å²) in [6.45, 7) is 3.35. The summed E-state index contributed by atoms with van der Waals surface area (Å²) < 4.78 is 30.3. The molecule has 126 valence electrons. The van der Waals surface area contributed by atoms with E-state index in [2.05, 4.69) is 5.32 Å². The minimum atomic E-state index is -0.296. The van der Waals surface area contributed by atoms with Crippen LogP contribution in [0, 0.1) is 5.82 Å². The van der Waals surface area contributed by atoms with Gasteiger partial charge in [-0.2, -0.15) is 0 Å². The molecule has 23 heavy (non-hydrogen) atoms. The second-order valence-electron chi connectivity index (χ2n) is 6.04. The lowest BCUT2D eigenvalue weighted by atomic mass is 10.0. The predicted molar refractivity (Wildman–Crippen MR) is 81.8 cm³/mol. The number of carbonyl (C=O) groups excluding carboxylic acids is 1. The van der Waals surface area contributed by atoms with Gasteiger partial charge in [-0.3, -0.25) is 4.79 Å². The van der Waals surface area contributed by atoms with Crippen LogP contribution in [0.25, 0.3) is 0 Å². The maximum absolute atomic E-state index is 13.7.